The molecule has 130 valence electrons. The fourth-order valence-corrected chi connectivity index (χ4v) is 3.28. The van der Waals surface area contributed by atoms with Crippen molar-refractivity contribution >= 4 is 33.4 Å². The number of aromatic nitrogens is 2. The predicted molar refractivity (Wildman–Crippen MR) is 96.0 cm³/mol. The zero-order chi connectivity index (χ0) is 17.8. The highest BCUT2D eigenvalue weighted by Crippen LogP contribution is 2.26. The number of fused-ring (bicyclic) bond motifs is 1. The monoisotopic (exact) mass is 358 g/mol. The molecular weight excluding hydrogens is 340 g/mol. The largest absolute Gasteiger partial charge is 0.395 e. The first kappa shape index (κ1) is 17.1. The van der Waals surface area contributed by atoms with Crippen LogP contribution in [0.3, 0.4) is 0 Å². The van der Waals surface area contributed by atoms with Gasteiger partial charge in [-0.25, -0.2) is 4.98 Å². The van der Waals surface area contributed by atoms with Gasteiger partial charge in [-0.3, -0.25) is 9.59 Å². The molecule has 0 aliphatic rings. The second-order valence-corrected chi connectivity index (χ2v) is 6.49. The molecule has 8 heteroatoms. The molecule has 0 aliphatic heterocycles. The van der Waals surface area contributed by atoms with Crippen LogP contribution >= 0.6 is 11.3 Å². The van der Waals surface area contributed by atoms with E-state index in [2.05, 4.69) is 15.6 Å². The van der Waals surface area contributed by atoms with E-state index in [1.807, 2.05) is 29.1 Å². The van der Waals surface area contributed by atoms with Gasteiger partial charge in [0.1, 0.15) is 6.04 Å². The maximum Gasteiger partial charge on any atom is 0.251 e. The Morgan fingerprint density at radius 3 is 2.80 bits per heavy atom. The fourth-order valence-electron chi connectivity index (χ4n) is 2.30. The number of hydrogen-bond acceptors (Lipinski definition) is 5. The molecule has 0 fully saturated rings. The van der Waals surface area contributed by atoms with Crippen molar-refractivity contribution in [3.63, 3.8) is 0 Å². The van der Waals surface area contributed by atoms with Crippen LogP contribution in [0.25, 0.3) is 15.3 Å². The van der Waals surface area contributed by atoms with Gasteiger partial charge >= 0.3 is 0 Å². The Balaban J connectivity index is 1.74. The topological polar surface area (TPSA) is 96.2 Å². The van der Waals surface area contributed by atoms with Crippen LogP contribution in [0.15, 0.2) is 42.7 Å². The van der Waals surface area contributed by atoms with Crippen molar-refractivity contribution < 1.29 is 14.7 Å². The van der Waals surface area contributed by atoms with Gasteiger partial charge in [-0.2, -0.15) is 0 Å². The van der Waals surface area contributed by atoms with Crippen LogP contribution < -0.4 is 10.6 Å². The van der Waals surface area contributed by atoms with Crippen molar-refractivity contribution in [1.29, 1.82) is 0 Å². The van der Waals surface area contributed by atoms with Gasteiger partial charge in [-0.05, 0) is 37.3 Å². The number of carbonyl (C=O) groups excluding carboxylic acids is 2. The smallest absolute Gasteiger partial charge is 0.251 e. The third-order valence-corrected chi connectivity index (χ3v) is 4.65. The summed E-state index contributed by atoms with van der Waals surface area (Å²) in [6.45, 7) is 1.62. The van der Waals surface area contributed by atoms with Gasteiger partial charge in [0.25, 0.3) is 5.91 Å². The minimum absolute atomic E-state index is 0.141. The molecule has 0 aliphatic carbocycles. The van der Waals surface area contributed by atoms with Crippen molar-refractivity contribution in [3.8, 4) is 5.13 Å². The van der Waals surface area contributed by atoms with Gasteiger partial charge in [0, 0.05) is 24.5 Å². The number of nitrogens with zero attached hydrogens (tertiary/aromatic N) is 2. The Labute approximate surface area is 148 Å². The summed E-state index contributed by atoms with van der Waals surface area (Å²) in [5.74, 6) is -0.666. The maximum atomic E-state index is 12.4. The minimum atomic E-state index is -0.688. The van der Waals surface area contributed by atoms with E-state index in [9.17, 15) is 9.59 Å². The third-order valence-electron chi connectivity index (χ3n) is 3.62. The van der Waals surface area contributed by atoms with E-state index < -0.39 is 6.04 Å². The molecule has 3 rings (SSSR count). The third kappa shape index (κ3) is 3.86. The molecular formula is C17H18N4O3S. The summed E-state index contributed by atoms with van der Waals surface area (Å²) in [5.41, 5.74) is 1.29. The first-order chi connectivity index (χ1) is 12.1. The van der Waals surface area contributed by atoms with E-state index >= 15 is 0 Å². The highest BCUT2D eigenvalue weighted by molar-refractivity contribution is 7.20. The van der Waals surface area contributed by atoms with E-state index in [-0.39, 0.29) is 25.0 Å². The molecule has 2 aromatic heterocycles. The summed E-state index contributed by atoms with van der Waals surface area (Å²) < 4.78 is 2.81. The van der Waals surface area contributed by atoms with E-state index in [4.69, 9.17) is 5.11 Å². The minimum Gasteiger partial charge on any atom is -0.395 e. The van der Waals surface area contributed by atoms with Crippen molar-refractivity contribution in [2.45, 2.75) is 13.0 Å². The molecule has 2 amide bonds. The van der Waals surface area contributed by atoms with Gasteiger partial charge in [-0.1, -0.05) is 11.3 Å². The Hall–Kier alpha value is -2.71. The van der Waals surface area contributed by atoms with Gasteiger partial charge in [0.15, 0.2) is 5.13 Å². The van der Waals surface area contributed by atoms with Crippen LogP contribution in [-0.2, 0) is 4.79 Å². The molecule has 3 N–H and O–H groups in total. The summed E-state index contributed by atoms with van der Waals surface area (Å²) in [4.78, 5) is 28.7. The summed E-state index contributed by atoms with van der Waals surface area (Å²) in [6.07, 6.45) is 3.83. The number of benzene rings is 1. The van der Waals surface area contributed by atoms with Crippen LogP contribution in [-0.4, -0.2) is 45.7 Å². The van der Waals surface area contributed by atoms with E-state index in [0.717, 1.165) is 15.3 Å². The molecule has 0 unspecified atom stereocenters. The molecule has 0 saturated heterocycles. The fraction of sp³-hybridized carbons (Fsp3) is 0.235. The number of amides is 2. The Morgan fingerprint density at radius 1 is 1.32 bits per heavy atom. The Morgan fingerprint density at radius 2 is 2.08 bits per heavy atom. The van der Waals surface area contributed by atoms with Gasteiger partial charge < -0.3 is 20.3 Å². The van der Waals surface area contributed by atoms with Crippen LogP contribution in [0, 0.1) is 0 Å². The molecule has 25 heavy (non-hydrogen) atoms. The van der Waals surface area contributed by atoms with Crippen LogP contribution in [0.1, 0.15) is 17.3 Å². The molecule has 0 saturated carbocycles. The molecule has 0 bridgehead atoms. The van der Waals surface area contributed by atoms with Crippen molar-refractivity contribution in [2.24, 2.45) is 0 Å². The van der Waals surface area contributed by atoms with Crippen LogP contribution in [0.4, 0.5) is 0 Å². The van der Waals surface area contributed by atoms with Crippen LogP contribution in [0.2, 0.25) is 0 Å². The molecule has 2 heterocycles. The summed E-state index contributed by atoms with van der Waals surface area (Å²) in [7, 11) is 0. The zero-order valence-corrected chi connectivity index (χ0v) is 14.4. The van der Waals surface area contributed by atoms with E-state index in [1.165, 1.54) is 11.3 Å². The summed E-state index contributed by atoms with van der Waals surface area (Å²) in [6, 6.07) is 8.42. The Bertz CT molecular complexity index is 889. The second-order valence-electron chi connectivity index (χ2n) is 5.48. The lowest BCUT2D eigenvalue weighted by Gasteiger charge is -2.13. The molecule has 0 spiro atoms. The number of hydrogen-bond donors (Lipinski definition) is 3. The van der Waals surface area contributed by atoms with Gasteiger partial charge in [0.2, 0.25) is 5.91 Å². The van der Waals surface area contributed by atoms with Gasteiger partial charge in [0.05, 0.1) is 16.8 Å². The Kier molecular flexibility index (Phi) is 5.11. The normalized spacial score (nSPS) is 12.1. The van der Waals surface area contributed by atoms with Crippen LogP contribution in [0.5, 0.6) is 0 Å². The van der Waals surface area contributed by atoms with E-state index in [0.29, 0.717) is 5.56 Å². The highest BCUT2D eigenvalue weighted by atomic mass is 32.1. The van der Waals surface area contributed by atoms with Crippen molar-refractivity contribution in [1.82, 2.24) is 20.2 Å². The standard InChI is InChI=1S/C17H18N4O3S/c1-11(15(23)18-6-9-22)19-16(24)12-4-5-13-14(10-12)25-17(20-13)21-7-2-3-8-21/h2-5,7-8,10-11,22H,6,9H2,1H3,(H,18,23)(H,19,24)/t11-/m1/s1. The average Bonchev–Trinajstić information content (AvgIpc) is 3.27. The van der Waals surface area contributed by atoms with Gasteiger partial charge in [-0.15, -0.1) is 0 Å². The second kappa shape index (κ2) is 7.45. The maximum absolute atomic E-state index is 12.4. The SMILES string of the molecule is C[C@@H](NC(=O)c1ccc2nc(-n3cccc3)sc2c1)C(=O)NCCO. The number of aliphatic hydroxyl groups is 1. The average molecular weight is 358 g/mol. The first-order valence-electron chi connectivity index (χ1n) is 7.82. The molecule has 3 aromatic rings. The quantitative estimate of drug-likeness (QED) is 0.619. The summed E-state index contributed by atoms with van der Waals surface area (Å²) >= 11 is 1.49. The lowest BCUT2D eigenvalue weighted by atomic mass is 10.2. The van der Waals surface area contributed by atoms with Crippen molar-refractivity contribution in [3.05, 3.63) is 48.3 Å². The predicted octanol–water partition coefficient (Wildman–Crippen LogP) is 1.31. The van der Waals surface area contributed by atoms with Crippen molar-refractivity contribution in [2.75, 3.05) is 13.2 Å². The highest BCUT2D eigenvalue weighted by Gasteiger charge is 2.17. The molecule has 7 nitrogen and oxygen atoms in total. The molecule has 1 aromatic carbocycles. The number of thiazole rings is 1. The lowest BCUT2D eigenvalue weighted by Crippen LogP contribution is -2.45. The van der Waals surface area contributed by atoms with E-state index in [1.54, 1.807) is 25.1 Å². The number of nitrogens with one attached hydrogen (secondary N) is 2. The molecule has 0 radical (unpaired) electrons. The number of rotatable bonds is 6. The zero-order valence-electron chi connectivity index (χ0n) is 13.6. The lowest BCUT2D eigenvalue weighted by molar-refractivity contribution is -0.122. The summed E-state index contributed by atoms with van der Waals surface area (Å²) in [5, 5.41) is 14.7. The first-order valence-corrected chi connectivity index (χ1v) is 8.63. The number of aliphatic hydroxyl groups excluding tert-OH is 1. The molecule has 1 atom stereocenters. The number of carbonyl (C=O) groups is 2.